The summed E-state index contributed by atoms with van der Waals surface area (Å²) in [7, 11) is 0. The molecule has 0 spiro atoms. The molecule has 0 atom stereocenters. The van der Waals surface area contributed by atoms with Crippen molar-refractivity contribution in [2.45, 2.75) is 26.4 Å². The van der Waals surface area contributed by atoms with E-state index in [1.807, 2.05) is 36.4 Å². The van der Waals surface area contributed by atoms with Crippen LogP contribution in [0.15, 0.2) is 54.9 Å². The summed E-state index contributed by atoms with van der Waals surface area (Å²) in [5, 5.41) is 4.40. The van der Waals surface area contributed by atoms with Crippen LogP contribution in [0.4, 0.5) is 5.82 Å². The van der Waals surface area contributed by atoms with Crippen LogP contribution in [-0.4, -0.2) is 22.1 Å². The fraction of sp³-hybridized carbons (Fsp3) is 0.263. The minimum absolute atomic E-state index is 0.360. The second-order valence-corrected chi connectivity index (χ2v) is 6.27. The van der Waals surface area contributed by atoms with Crippen molar-refractivity contribution in [3.63, 3.8) is 0 Å². The summed E-state index contributed by atoms with van der Waals surface area (Å²) in [5.41, 5.74) is 1.80. The van der Waals surface area contributed by atoms with E-state index in [4.69, 9.17) is 4.74 Å². The number of ether oxygens (including phenoxy) is 1. The Hall–Kier alpha value is -2.62. The van der Waals surface area contributed by atoms with E-state index < -0.39 is 0 Å². The van der Waals surface area contributed by atoms with Crippen LogP contribution in [0.1, 0.15) is 19.4 Å². The minimum Gasteiger partial charge on any atom is -0.486 e. The highest BCUT2D eigenvalue weighted by Crippen LogP contribution is 2.22. The summed E-state index contributed by atoms with van der Waals surface area (Å²) >= 11 is 0. The second kappa shape index (κ2) is 6.24. The Kier molecular flexibility index (Phi) is 4.15. The third kappa shape index (κ3) is 3.77. The van der Waals surface area contributed by atoms with E-state index in [-0.39, 0.29) is 5.60 Å². The number of aryl methyl sites for hydroxylation is 1. The maximum absolute atomic E-state index is 6.08. The van der Waals surface area contributed by atoms with Gasteiger partial charge in [-0.15, -0.1) is 0 Å². The SMILES string of the molecule is Cc1ccc(OC(C)(C)CNc2ncnc3ccccc23)cc1. The molecule has 0 amide bonds. The van der Waals surface area contributed by atoms with Gasteiger partial charge < -0.3 is 10.1 Å². The number of anilines is 1. The largest absolute Gasteiger partial charge is 0.486 e. The first kappa shape index (κ1) is 15.3. The van der Waals surface area contributed by atoms with Crippen molar-refractivity contribution < 1.29 is 4.74 Å². The van der Waals surface area contributed by atoms with Gasteiger partial charge in [-0.1, -0.05) is 29.8 Å². The van der Waals surface area contributed by atoms with Gasteiger partial charge >= 0.3 is 0 Å². The first-order valence-corrected chi connectivity index (χ1v) is 7.73. The fourth-order valence-electron chi connectivity index (χ4n) is 2.40. The number of hydrogen-bond acceptors (Lipinski definition) is 4. The van der Waals surface area contributed by atoms with Gasteiger partial charge in [-0.05, 0) is 45.0 Å². The minimum atomic E-state index is -0.360. The number of fused-ring (bicyclic) bond motifs is 1. The average Bonchev–Trinajstić information content (AvgIpc) is 2.55. The van der Waals surface area contributed by atoms with E-state index in [1.165, 1.54) is 5.56 Å². The molecule has 0 fully saturated rings. The third-order valence-electron chi connectivity index (χ3n) is 3.64. The zero-order valence-corrected chi connectivity index (χ0v) is 13.7. The molecule has 0 aliphatic carbocycles. The number of nitrogens with one attached hydrogen (secondary N) is 1. The molecule has 4 heteroatoms. The Bertz CT molecular complexity index is 792. The number of hydrogen-bond donors (Lipinski definition) is 1. The first-order valence-electron chi connectivity index (χ1n) is 7.73. The molecule has 0 aliphatic heterocycles. The molecule has 1 aromatic heterocycles. The van der Waals surface area contributed by atoms with Gasteiger partial charge in [0.25, 0.3) is 0 Å². The molecule has 3 rings (SSSR count). The van der Waals surface area contributed by atoms with Crippen LogP contribution in [0.3, 0.4) is 0 Å². The highest BCUT2D eigenvalue weighted by atomic mass is 16.5. The zero-order valence-electron chi connectivity index (χ0n) is 13.7. The quantitative estimate of drug-likeness (QED) is 0.767. The zero-order chi connectivity index (χ0) is 16.3. The smallest absolute Gasteiger partial charge is 0.137 e. The van der Waals surface area contributed by atoms with E-state index in [0.29, 0.717) is 6.54 Å². The monoisotopic (exact) mass is 307 g/mol. The van der Waals surface area contributed by atoms with E-state index in [0.717, 1.165) is 22.5 Å². The van der Waals surface area contributed by atoms with Gasteiger partial charge in [0.15, 0.2) is 0 Å². The molecule has 1 N–H and O–H groups in total. The Labute approximate surface area is 136 Å². The topological polar surface area (TPSA) is 47.0 Å². The van der Waals surface area contributed by atoms with Gasteiger partial charge in [0.2, 0.25) is 0 Å². The average molecular weight is 307 g/mol. The Morgan fingerprint density at radius 2 is 1.74 bits per heavy atom. The summed E-state index contributed by atoms with van der Waals surface area (Å²) in [4.78, 5) is 8.63. The molecule has 118 valence electrons. The standard InChI is InChI=1S/C19H21N3O/c1-14-8-10-15(11-9-14)23-19(2,3)12-20-18-16-6-4-5-7-17(16)21-13-22-18/h4-11,13H,12H2,1-3H3,(H,20,21,22). The number of aromatic nitrogens is 2. The summed E-state index contributed by atoms with van der Waals surface area (Å²) < 4.78 is 6.08. The summed E-state index contributed by atoms with van der Waals surface area (Å²) in [5.74, 6) is 1.70. The van der Waals surface area contributed by atoms with Crippen molar-refractivity contribution in [2.75, 3.05) is 11.9 Å². The van der Waals surface area contributed by atoms with Crippen molar-refractivity contribution in [1.82, 2.24) is 9.97 Å². The number of nitrogens with zero attached hydrogens (tertiary/aromatic N) is 2. The number of benzene rings is 2. The van der Waals surface area contributed by atoms with Crippen molar-refractivity contribution in [3.8, 4) is 5.75 Å². The Balaban J connectivity index is 1.71. The van der Waals surface area contributed by atoms with Gasteiger partial charge in [0, 0.05) is 5.39 Å². The Morgan fingerprint density at radius 1 is 1.00 bits per heavy atom. The summed E-state index contributed by atoms with van der Waals surface area (Å²) in [6, 6.07) is 16.1. The molecule has 3 aromatic rings. The van der Waals surface area contributed by atoms with E-state index >= 15 is 0 Å². The fourth-order valence-corrected chi connectivity index (χ4v) is 2.40. The third-order valence-corrected chi connectivity index (χ3v) is 3.64. The molecule has 4 nitrogen and oxygen atoms in total. The van der Waals surface area contributed by atoms with Crippen molar-refractivity contribution in [1.29, 1.82) is 0 Å². The Morgan fingerprint density at radius 3 is 2.52 bits per heavy atom. The molecule has 23 heavy (non-hydrogen) atoms. The molecule has 0 aliphatic rings. The van der Waals surface area contributed by atoms with Gasteiger partial charge in [0.05, 0.1) is 12.1 Å². The molecule has 0 saturated carbocycles. The summed E-state index contributed by atoms with van der Waals surface area (Å²) in [6.45, 7) is 6.82. The lowest BCUT2D eigenvalue weighted by Gasteiger charge is -2.27. The van der Waals surface area contributed by atoms with Crippen molar-refractivity contribution >= 4 is 16.7 Å². The van der Waals surface area contributed by atoms with Crippen molar-refractivity contribution in [2.24, 2.45) is 0 Å². The van der Waals surface area contributed by atoms with Gasteiger partial charge in [-0.3, -0.25) is 0 Å². The lowest BCUT2D eigenvalue weighted by atomic mass is 10.1. The van der Waals surface area contributed by atoms with Gasteiger partial charge in [0.1, 0.15) is 23.5 Å². The second-order valence-electron chi connectivity index (χ2n) is 6.27. The van der Waals surface area contributed by atoms with Crippen molar-refractivity contribution in [3.05, 3.63) is 60.4 Å². The predicted octanol–water partition coefficient (Wildman–Crippen LogP) is 4.21. The highest BCUT2D eigenvalue weighted by molar-refractivity contribution is 5.88. The number of para-hydroxylation sites is 1. The van der Waals surface area contributed by atoms with Crippen LogP contribution < -0.4 is 10.1 Å². The van der Waals surface area contributed by atoms with E-state index in [2.05, 4.69) is 48.2 Å². The van der Waals surface area contributed by atoms with Crippen LogP contribution in [0.2, 0.25) is 0 Å². The van der Waals surface area contributed by atoms with Crippen LogP contribution in [-0.2, 0) is 0 Å². The summed E-state index contributed by atoms with van der Waals surface area (Å²) in [6.07, 6.45) is 1.58. The molecule has 1 heterocycles. The molecule has 0 radical (unpaired) electrons. The van der Waals surface area contributed by atoms with Crippen LogP contribution >= 0.6 is 0 Å². The van der Waals surface area contributed by atoms with E-state index in [9.17, 15) is 0 Å². The van der Waals surface area contributed by atoms with Gasteiger partial charge in [-0.2, -0.15) is 0 Å². The van der Waals surface area contributed by atoms with Crippen LogP contribution in [0.25, 0.3) is 10.9 Å². The number of rotatable bonds is 5. The normalized spacial score (nSPS) is 11.4. The maximum Gasteiger partial charge on any atom is 0.137 e. The molecule has 0 saturated heterocycles. The molecular weight excluding hydrogens is 286 g/mol. The predicted molar refractivity (Wildman–Crippen MR) is 93.9 cm³/mol. The van der Waals surface area contributed by atoms with Crippen LogP contribution in [0, 0.1) is 6.92 Å². The van der Waals surface area contributed by atoms with E-state index in [1.54, 1.807) is 6.33 Å². The lowest BCUT2D eigenvalue weighted by Crippen LogP contribution is -2.36. The molecule has 0 unspecified atom stereocenters. The molecule has 2 aromatic carbocycles. The van der Waals surface area contributed by atoms with Gasteiger partial charge in [-0.25, -0.2) is 9.97 Å². The lowest BCUT2D eigenvalue weighted by molar-refractivity contribution is 0.123. The molecule has 0 bridgehead atoms. The highest BCUT2D eigenvalue weighted by Gasteiger charge is 2.20. The maximum atomic E-state index is 6.08. The molecular formula is C19H21N3O. The first-order chi connectivity index (χ1) is 11.0. The van der Waals surface area contributed by atoms with Crippen LogP contribution in [0.5, 0.6) is 5.75 Å².